The lowest BCUT2D eigenvalue weighted by atomic mass is 9.96. The van der Waals surface area contributed by atoms with Crippen LogP contribution in [0.4, 0.5) is 10.5 Å². The molecule has 0 radical (unpaired) electrons. The molecule has 0 saturated carbocycles. The van der Waals surface area contributed by atoms with E-state index in [2.05, 4.69) is 10.3 Å². The monoisotopic (exact) mass is 353 g/mol. The number of pyridine rings is 1. The van der Waals surface area contributed by atoms with Crippen molar-refractivity contribution in [3.63, 3.8) is 0 Å². The van der Waals surface area contributed by atoms with Crippen LogP contribution in [0.1, 0.15) is 26.7 Å². The second-order valence-corrected chi connectivity index (χ2v) is 6.35. The smallest absolute Gasteiger partial charge is 0.329 e. The fourth-order valence-electron chi connectivity index (χ4n) is 3.30. The summed E-state index contributed by atoms with van der Waals surface area (Å²) in [6.07, 6.45) is 8.48. The van der Waals surface area contributed by atoms with Gasteiger partial charge in [0.25, 0.3) is 5.91 Å². The van der Waals surface area contributed by atoms with E-state index in [1.807, 2.05) is 26.0 Å². The molecule has 1 saturated heterocycles. The van der Waals surface area contributed by atoms with Crippen molar-refractivity contribution in [2.45, 2.75) is 38.8 Å². The summed E-state index contributed by atoms with van der Waals surface area (Å²) in [6, 6.07) is 2.40. The molecule has 2 atom stereocenters. The first-order valence-corrected chi connectivity index (χ1v) is 8.62. The summed E-state index contributed by atoms with van der Waals surface area (Å²) in [5.41, 5.74) is 2.56. The maximum absolute atomic E-state index is 12.3. The third-order valence-electron chi connectivity index (χ3n) is 4.66. The molecule has 2 aliphatic heterocycles. The van der Waals surface area contributed by atoms with Crippen molar-refractivity contribution in [3.8, 4) is 5.88 Å². The second kappa shape index (κ2) is 6.33. The molecular weight excluding hydrogens is 334 g/mol. The topological polar surface area (TPSA) is 80.8 Å². The van der Waals surface area contributed by atoms with Crippen molar-refractivity contribution in [3.05, 3.63) is 53.6 Å². The molecule has 0 spiro atoms. The number of ether oxygens (including phenoxy) is 2. The highest BCUT2D eigenvalue weighted by atomic mass is 16.5. The predicted molar refractivity (Wildman–Crippen MR) is 94.4 cm³/mol. The van der Waals surface area contributed by atoms with Crippen LogP contribution in [0.25, 0.3) is 0 Å². The van der Waals surface area contributed by atoms with E-state index in [1.165, 1.54) is 6.20 Å². The molecule has 4 rings (SSSR count). The zero-order chi connectivity index (χ0) is 18.3. The molecule has 0 aromatic carbocycles. The fraction of sp³-hybridized carbons (Fsp3) is 0.316. The third-order valence-corrected chi connectivity index (χ3v) is 4.66. The Bertz CT molecular complexity index is 854. The van der Waals surface area contributed by atoms with Crippen LogP contribution in [-0.2, 0) is 9.53 Å². The SMILES string of the molecule is CC[C@H]1NC(=O)N(c2ccc(OC3=C4C(=COC4C)CC=C3)nc2)C1=O. The Morgan fingerprint density at radius 3 is 2.92 bits per heavy atom. The lowest BCUT2D eigenvalue weighted by molar-refractivity contribution is -0.118. The van der Waals surface area contributed by atoms with Crippen LogP contribution < -0.4 is 15.0 Å². The van der Waals surface area contributed by atoms with E-state index in [-0.39, 0.29) is 12.0 Å². The number of anilines is 1. The quantitative estimate of drug-likeness (QED) is 0.842. The molecule has 3 amide bonds. The predicted octanol–water partition coefficient (Wildman–Crippen LogP) is 2.81. The van der Waals surface area contributed by atoms with Crippen LogP contribution in [0.15, 0.2) is 53.6 Å². The molecule has 134 valence electrons. The van der Waals surface area contributed by atoms with E-state index in [9.17, 15) is 9.59 Å². The first-order valence-electron chi connectivity index (χ1n) is 8.62. The van der Waals surface area contributed by atoms with E-state index in [0.717, 1.165) is 22.5 Å². The highest BCUT2D eigenvalue weighted by molar-refractivity contribution is 6.21. The van der Waals surface area contributed by atoms with Crippen LogP contribution >= 0.6 is 0 Å². The minimum atomic E-state index is -0.480. The molecular formula is C19H19N3O4. The van der Waals surface area contributed by atoms with Crippen molar-refractivity contribution in [2.24, 2.45) is 0 Å². The zero-order valence-corrected chi connectivity index (χ0v) is 14.6. The van der Waals surface area contributed by atoms with E-state index >= 15 is 0 Å². The Morgan fingerprint density at radius 2 is 2.23 bits per heavy atom. The van der Waals surface area contributed by atoms with Crippen molar-refractivity contribution < 1.29 is 19.1 Å². The van der Waals surface area contributed by atoms with Gasteiger partial charge in [-0.3, -0.25) is 4.79 Å². The highest BCUT2D eigenvalue weighted by Gasteiger charge is 2.38. The first kappa shape index (κ1) is 16.4. The highest BCUT2D eigenvalue weighted by Crippen LogP contribution is 2.34. The van der Waals surface area contributed by atoms with Gasteiger partial charge in [-0.15, -0.1) is 0 Å². The number of carbonyl (C=O) groups excluding carboxylic acids is 2. The molecule has 1 N–H and O–H groups in total. The van der Waals surface area contributed by atoms with Crippen LogP contribution in [-0.4, -0.2) is 29.1 Å². The minimum Gasteiger partial charge on any atom is -0.493 e. The summed E-state index contributed by atoms with van der Waals surface area (Å²) in [5, 5.41) is 2.65. The Kier molecular flexibility index (Phi) is 3.99. The van der Waals surface area contributed by atoms with Crippen molar-refractivity contribution in [1.29, 1.82) is 0 Å². The lowest BCUT2D eigenvalue weighted by Gasteiger charge is -2.17. The Morgan fingerprint density at radius 1 is 1.38 bits per heavy atom. The maximum Gasteiger partial charge on any atom is 0.329 e. The van der Waals surface area contributed by atoms with Gasteiger partial charge in [0.15, 0.2) is 0 Å². The average Bonchev–Trinajstić information content (AvgIpc) is 3.16. The molecule has 7 heteroatoms. The van der Waals surface area contributed by atoms with Gasteiger partial charge in [-0.1, -0.05) is 13.0 Å². The van der Waals surface area contributed by atoms with Crippen molar-refractivity contribution in [2.75, 3.05) is 4.90 Å². The number of imide groups is 1. The van der Waals surface area contributed by atoms with Gasteiger partial charge in [-0.25, -0.2) is 14.7 Å². The summed E-state index contributed by atoms with van der Waals surface area (Å²) in [4.78, 5) is 29.6. The Hall–Kier alpha value is -3.09. The van der Waals surface area contributed by atoms with E-state index in [4.69, 9.17) is 9.47 Å². The van der Waals surface area contributed by atoms with Gasteiger partial charge in [-0.2, -0.15) is 0 Å². The number of rotatable bonds is 4. The van der Waals surface area contributed by atoms with Gasteiger partial charge in [0, 0.05) is 17.2 Å². The van der Waals surface area contributed by atoms with Gasteiger partial charge in [0.1, 0.15) is 17.9 Å². The summed E-state index contributed by atoms with van der Waals surface area (Å²) in [7, 11) is 0. The molecule has 1 aromatic rings. The summed E-state index contributed by atoms with van der Waals surface area (Å²) < 4.78 is 11.5. The van der Waals surface area contributed by atoms with Gasteiger partial charge < -0.3 is 14.8 Å². The number of aromatic nitrogens is 1. The zero-order valence-electron chi connectivity index (χ0n) is 14.6. The summed E-state index contributed by atoms with van der Waals surface area (Å²) in [5.74, 6) is 0.828. The molecule has 1 unspecified atom stereocenters. The number of nitrogens with one attached hydrogen (secondary N) is 1. The summed E-state index contributed by atoms with van der Waals surface area (Å²) in [6.45, 7) is 3.82. The number of amides is 3. The molecule has 3 aliphatic rings. The van der Waals surface area contributed by atoms with Crippen LogP contribution in [0.2, 0.25) is 0 Å². The number of fused-ring (bicyclic) bond motifs is 1. The van der Waals surface area contributed by atoms with Crippen LogP contribution in [0.5, 0.6) is 5.88 Å². The molecule has 1 aliphatic carbocycles. The first-order chi connectivity index (χ1) is 12.6. The molecule has 0 bridgehead atoms. The molecule has 26 heavy (non-hydrogen) atoms. The normalized spacial score (nSPS) is 24.4. The molecule has 1 aromatic heterocycles. The lowest BCUT2D eigenvalue weighted by Crippen LogP contribution is -2.31. The van der Waals surface area contributed by atoms with Crippen LogP contribution in [0, 0.1) is 0 Å². The molecule has 7 nitrogen and oxygen atoms in total. The summed E-state index contributed by atoms with van der Waals surface area (Å²) >= 11 is 0. The standard InChI is InChI=1S/C19H19N3O4/c1-3-14-18(23)22(19(24)21-14)13-7-8-16(20-9-13)26-15-6-4-5-12-10-25-11(2)17(12)15/h4,6-11,14H,3,5H2,1-2H3,(H,21,24)/t11?,14-/m1/s1. The number of allylic oxidation sites excluding steroid dienone is 2. The van der Waals surface area contributed by atoms with Gasteiger partial charge in [0.05, 0.1) is 18.1 Å². The number of urea groups is 1. The largest absolute Gasteiger partial charge is 0.493 e. The van der Waals surface area contributed by atoms with Crippen molar-refractivity contribution in [1.82, 2.24) is 10.3 Å². The number of hydrogen-bond donors (Lipinski definition) is 1. The number of hydrogen-bond acceptors (Lipinski definition) is 5. The van der Waals surface area contributed by atoms with Crippen LogP contribution in [0.3, 0.4) is 0 Å². The van der Waals surface area contributed by atoms with E-state index < -0.39 is 12.1 Å². The van der Waals surface area contributed by atoms with Gasteiger partial charge >= 0.3 is 6.03 Å². The molecule has 1 fully saturated rings. The Balaban J connectivity index is 1.55. The second-order valence-electron chi connectivity index (χ2n) is 6.35. The average molecular weight is 353 g/mol. The fourth-order valence-corrected chi connectivity index (χ4v) is 3.30. The number of nitrogens with zero attached hydrogens (tertiary/aromatic N) is 2. The molecule has 3 heterocycles. The minimum absolute atomic E-state index is 0.0545. The van der Waals surface area contributed by atoms with Gasteiger partial charge in [0.2, 0.25) is 5.88 Å². The van der Waals surface area contributed by atoms with E-state index in [0.29, 0.717) is 23.7 Å². The maximum atomic E-state index is 12.3. The van der Waals surface area contributed by atoms with Crippen molar-refractivity contribution >= 4 is 17.6 Å². The van der Waals surface area contributed by atoms with E-state index in [1.54, 1.807) is 18.4 Å². The third kappa shape index (κ3) is 2.65. The van der Waals surface area contributed by atoms with Gasteiger partial charge in [-0.05, 0) is 31.9 Å². The Labute approximate surface area is 151 Å². The number of carbonyl (C=O) groups is 2.